The highest BCUT2D eigenvalue weighted by Gasteiger charge is 2.22. The van der Waals surface area contributed by atoms with Gasteiger partial charge >= 0.3 is 19.8 Å². The maximum atomic E-state index is 12.3. The minimum atomic E-state index is -4.77. The van der Waals surface area contributed by atoms with E-state index in [1.54, 1.807) is 0 Å². The number of carbonyl (C=O) groups excluding carboxylic acids is 2. The fourth-order valence-corrected chi connectivity index (χ4v) is 5.17. The molecule has 0 amide bonds. The number of phosphoric ester groups is 1. The zero-order valence-corrected chi connectivity index (χ0v) is 31.5. The highest BCUT2D eigenvalue weighted by molar-refractivity contribution is 7.46. The van der Waals surface area contributed by atoms with Crippen molar-refractivity contribution in [3.8, 4) is 0 Å². The summed E-state index contributed by atoms with van der Waals surface area (Å²) in [5.74, 6) is -0.987. The Kier molecular flexibility index (Phi) is 33.5. The molecular formula is C40H67O8P. The van der Waals surface area contributed by atoms with Crippen molar-refractivity contribution in [1.29, 1.82) is 0 Å². The molecule has 0 saturated heterocycles. The number of ether oxygens (including phenoxy) is 2. The molecule has 2 N–H and O–H groups in total. The maximum Gasteiger partial charge on any atom is 0.469 e. The van der Waals surface area contributed by atoms with Gasteiger partial charge in [-0.05, 0) is 51.4 Å². The molecule has 8 nitrogen and oxygen atoms in total. The van der Waals surface area contributed by atoms with Crippen LogP contribution in [0, 0.1) is 0 Å². The van der Waals surface area contributed by atoms with Crippen LogP contribution < -0.4 is 0 Å². The van der Waals surface area contributed by atoms with Crippen molar-refractivity contribution in [3.05, 3.63) is 72.9 Å². The summed E-state index contributed by atoms with van der Waals surface area (Å²) in [7, 11) is -4.77. The normalized spacial score (nSPS) is 13.3. The van der Waals surface area contributed by atoms with E-state index >= 15 is 0 Å². The van der Waals surface area contributed by atoms with Crippen molar-refractivity contribution in [2.45, 2.75) is 155 Å². The molecule has 0 rings (SSSR count). The number of esters is 2. The number of carbonyl (C=O) groups is 2. The van der Waals surface area contributed by atoms with Crippen LogP contribution in [-0.2, 0) is 28.2 Å². The van der Waals surface area contributed by atoms with Crippen molar-refractivity contribution in [3.63, 3.8) is 0 Å². The molecule has 1 unspecified atom stereocenters. The van der Waals surface area contributed by atoms with Crippen molar-refractivity contribution in [2.24, 2.45) is 0 Å². The Morgan fingerprint density at radius 1 is 0.551 bits per heavy atom. The van der Waals surface area contributed by atoms with Crippen LogP contribution in [0.5, 0.6) is 0 Å². The monoisotopic (exact) mass is 706 g/mol. The van der Waals surface area contributed by atoms with Crippen LogP contribution >= 0.6 is 7.82 Å². The molecule has 0 aromatic carbocycles. The van der Waals surface area contributed by atoms with Gasteiger partial charge in [-0.25, -0.2) is 4.57 Å². The maximum absolute atomic E-state index is 12.3. The zero-order valence-electron chi connectivity index (χ0n) is 30.6. The van der Waals surface area contributed by atoms with E-state index in [9.17, 15) is 14.2 Å². The molecule has 0 aromatic heterocycles. The average Bonchev–Trinajstić information content (AvgIpc) is 3.07. The Labute approximate surface area is 298 Å². The number of allylic oxidation sites excluding steroid dienone is 12. The van der Waals surface area contributed by atoms with Gasteiger partial charge in [0.1, 0.15) is 6.61 Å². The molecule has 0 saturated carbocycles. The Bertz CT molecular complexity index is 1020. The van der Waals surface area contributed by atoms with E-state index in [0.717, 1.165) is 38.5 Å². The molecule has 0 radical (unpaired) electrons. The minimum Gasteiger partial charge on any atom is -0.462 e. The third-order valence-electron chi connectivity index (χ3n) is 7.59. The lowest BCUT2D eigenvalue weighted by Gasteiger charge is -2.18. The molecule has 0 spiro atoms. The molecule has 0 aliphatic carbocycles. The lowest BCUT2D eigenvalue weighted by molar-refractivity contribution is -0.161. The highest BCUT2D eigenvalue weighted by atomic mass is 31.2. The first-order valence-corrected chi connectivity index (χ1v) is 20.3. The molecule has 1 atom stereocenters. The van der Waals surface area contributed by atoms with Crippen molar-refractivity contribution in [1.82, 2.24) is 0 Å². The van der Waals surface area contributed by atoms with E-state index in [2.05, 4.69) is 36.6 Å². The number of hydrogen-bond acceptors (Lipinski definition) is 6. The first kappa shape index (κ1) is 46.5. The molecule has 280 valence electrons. The lowest BCUT2D eigenvalue weighted by atomic mass is 10.1. The Morgan fingerprint density at radius 2 is 1.02 bits per heavy atom. The van der Waals surface area contributed by atoms with Gasteiger partial charge in [0.2, 0.25) is 0 Å². The van der Waals surface area contributed by atoms with Crippen LogP contribution in [-0.4, -0.2) is 41.0 Å². The SMILES string of the molecule is CC/C=C/C=C/C=C/C=C/C=C/CCCC(=O)OC(COC(=O)CCCCCCC/C=C/CCCCCCCCCCC)COP(=O)(O)O. The standard InChI is InChI=1S/C40H67O8P/c1-3-5-7-9-11-13-15-17-18-19-20-21-23-24-26-28-30-32-34-39(41)46-36-38(37-47-49(43,44)45)48-40(42)35-33-31-29-27-25-22-16-14-12-10-8-6-4-2/h6,8,10,12,14,16,20-22,25,27,29,38H,3-5,7,9,11,13,15,17-19,23-24,26,28,30-37H2,1-2H3,(H2,43,44,45)/b8-6+,12-10+,16-14+,21-20+,25-22+,29-27+. The van der Waals surface area contributed by atoms with Crippen molar-refractivity contribution < 1.29 is 37.9 Å². The number of hydrogen-bond donors (Lipinski definition) is 2. The number of phosphoric acid groups is 1. The van der Waals surface area contributed by atoms with Gasteiger partial charge in [0.15, 0.2) is 6.10 Å². The van der Waals surface area contributed by atoms with Crippen LogP contribution in [0.1, 0.15) is 149 Å². The van der Waals surface area contributed by atoms with Gasteiger partial charge < -0.3 is 19.3 Å². The highest BCUT2D eigenvalue weighted by Crippen LogP contribution is 2.35. The predicted molar refractivity (Wildman–Crippen MR) is 202 cm³/mol. The Hall–Kier alpha value is -2.51. The van der Waals surface area contributed by atoms with Crippen LogP contribution in [0.15, 0.2) is 72.9 Å². The van der Waals surface area contributed by atoms with Gasteiger partial charge in [-0.2, -0.15) is 0 Å². The van der Waals surface area contributed by atoms with Gasteiger partial charge in [-0.3, -0.25) is 14.1 Å². The number of rotatable bonds is 33. The van der Waals surface area contributed by atoms with Gasteiger partial charge in [-0.15, -0.1) is 0 Å². The summed E-state index contributed by atoms with van der Waals surface area (Å²) in [5, 5.41) is 0. The molecule has 0 heterocycles. The van der Waals surface area contributed by atoms with Crippen LogP contribution in [0.4, 0.5) is 0 Å². The van der Waals surface area contributed by atoms with E-state index < -0.39 is 32.5 Å². The largest absolute Gasteiger partial charge is 0.469 e. The zero-order chi connectivity index (χ0) is 36.1. The molecule has 0 bridgehead atoms. The fourth-order valence-electron chi connectivity index (χ4n) is 4.81. The van der Waals surface area contributed by atoms with Gasteiger partial charge in [0.05, 0.1) is 6.61 Å². The van der Waals surface area contributed by atoms with Crippen LogP contribution in [0.25, 0.3) is 0 Å². The van der Waals surface area contributed by atoms with Crippen LogP contribution in [0.2, 0.25) is 0 Å². The van der Waals surface area contributed by atoms with Gasteiger partial charge in [0, 0.05) is 12.8 Å². The smallest absolute Gasteiger partial charge is 0.462 e. The summed E-state index contributed by atoms with van der Waals surface area (Å²) < 4.78 is 26.2. The van der Waals surface area contributed by atoms with Crippen LogP contribution in [0.3, 0.4) is 0 Å². The van der Waals surface area contributed by atoms with Crippen molar-refractivity contribution >= 4 is 19.8 Å². The van der Waals surface area contributed by atoms with E-state index in [-0.39, 0.29) is 19.4 Å². The molecule has 0 aliphatic heterocycles. The minimum absolute atomic E-state index is 0.111. The van der Waals surface area contributed by atoms with E-state index in [0.29, 0.717) is 19.3 Å². The summed E-state index contributed by atoms with van der Waals surface area (Å²) in [6.45, 7) is 3.45. The summed E-state index contributed by atoms with van der Waals surface area (Å²) in [5.41, 5.74) is 0. The first-order chi connectivity index (χ1) is 23.8. The van der Waals surface area contributed by atoms with Gasteiger partial charge in [0.25, 0.3) is 0 Å². The molecule has 0 fully saturated rings. The lowest BCUT2D eigenvalue weighted by Crippen LogP contribution is -2.29. The second kappa shape index (κ2) is 35.3. The molecule has 0 aromatic rings. The number of unbranched alkanes of at least 4 members (excludes halogenated alkanes) is 15. The van der Waals surface area contributed by atoms with Crippen molar-refractivity contribution in [2.75, 3.05) is 13.2 Å². The second-order valence-electron chi connectivity index (χ2n) is 12.3. The topological polar surface area (TPSA) is 119 Å². The van der Waals surface area contributed by atoms with E-state index in [1.807, 2.05) is 54.7 Å². The molecule has 9 heteroatoms. The third-order valence-corrected chi connectivity index (χ3v) is 8.07. The molecule has 49 heavy (non-hydrogen) atoms. The third kappa shape index (κ3) is 38.1. The van der Waals surface area contributed by atoms with Gasteiger partial charge in [-0.1, -0.05) is 157 Å². The summed E-state index contributed by atoms with van der Waals surface area (Å²) in [4.78, 5) is 42.6. The second-order valence-corrected chi connectivity index (χ2v) is 13.5. The summed E-state index contributed by atoms with van der Waals surface area (Å²) >= 11 is 0. The first-order valence-electron chi connectivity index (χ1n) is 18.8. The predicted octanol–water partition coefficient (Wildman–Crippen LogP) is 11.1. The summed E-state index contributed by atoms with van der Waals surface area (Å²) in [6, 6.07) is 0. The quantitative estimate of drug-likeness (QED) is 0.0227. The fraction of sp³-hybridized carbons (Fsp3) is 0.650. The van der Waals surface area contributed by atoms with E-state index in [1.165, 1.54) is 64.2 Å². The summed E-state index contributed by atoms with van der Waals surface area (Å²) in [6.07, 6.45) is 45.0. The van der Waals surface area contributed by atoms with E-state index in [4.69, 9.17) is 19.3 Å². The molecular weight excluding hydrogens is 639 g/mol. The Morgan fingerprint density at radius 3 is 1.57 bits per heavy atom. The average molecular weight is 707 g/mol. The molecule has 0 aliphatic rings. The Balaban J connectivity index is 4.07.